The molecule has 0 aliphatic heterocycles. The highest BCUT2D eigenvalue weighted by Crippen LogP contribution is 2.15. The first-order chi connectivity index (χ1) is 7.74. The van der Waals surface area contributed by atoms with Crippen molar-refractivity contribution in [3.05, 3.63) is 29.3 Å². The van der Waals surface area contributed by atoms with E-state index in [1.807, 2.05) is 12.1 Å². The Bertz CT molecular complexity index is 412. The maximum absolute atomic E-state index is 11.2. The Hall–Kier alpha value is -1.35. The number of halogens is 1. The zero-order chi connectivity index (χ0) is 11.4. The number of ketones is 1. The zero-order valence-electron chi connectivity index (χ0n) is 8.87. The van der Waals surface area contributed by atoms with E-state index in [0.29, 0.717) is 17.9 Å². The molecule has 1 N–H and O–H groups in total. The molecule has 4 heteroatoms. The van der Waals surface area contributed by atoms with Crippen molar-refractivity contribution in [3.63, 3.8) is 0 Å². The van der Waals surface area contributed by atoms with Gasteiger partial charge in [0.25, 0.3) is 0 Å². The molecule has 0 unspecified atom stereocenters. The normalized spacial score (nSPS) is 18.8. The molecule has 0 aromatic heterocycles. The van der Waals surface area contributed by atoms with Gasteiger partial charge < -0.3 is 0 Å². The van der Waals surface area contributed by atoms with Gasteiger partial charge in [-0.1, -0.05) is 11.6 Å². The molecular formula is C12H13ClN2O. The lowest BCUT2D eigenvalue weighted by atomic mass is 9.97. The van der Waals surface area contributed by atoms with Crippen LogP contribution in [-0.4, -0.2) is 11.5 Å². The summed E-state index contributed by atoms with van der Waals surface area (Å²) in [5.74, 6) is 0.280. The molecule has 0 atom stereocenters. The third kappa shape index (κ3) is 3.07. The van der Waals surface area contributed by atoms with Crippen LogP contribution >= 0.6 is 11.6 Å². The van der Waals surface area contributed by atoms with Crippen LogP contribution in [-0.2, 0) is 4.79 Å². The van der Waals surface area contributed by atoms with Gasteiger partial charge in [-0.2, -0.15) is 5.10 Å². The van der Waals surface area contributed by atoms with Gasteiger partial charge in [0.2, 0.25) is 0 Å². The van der Waals surface area contributed by atoms with E-state index >= 15 is 0 Å². The number of carbonyl (C=O) groups excluding carboxylic acids is 1. The van der Waals surface area contributed by atoms with Crippen molar-refractivity contribution in [1.29, 1.82) is 0 Å². The van der Waals surface area contributed by atoms with Crippen LogP contribution in [0.3, 0.4) is 0 Å². The van der Waals surface area contributed by atoms with E-state index < -0.39 is 0 Å². The van der Waals surface area contributed by atoms with Crippen molar-refractivity contribution in [2.24, 2.45) is 5.10 Å². The quantitative estimate of drug-likeness (QED) is 0.801. The highest BCUT2D eigenvalue weighted by Gasteiger charge is 2.14. The number of anilines is 1. The highest BCUT2D eigenvalue weighted by molar-refractivity contribution is 6.30. The van der Waals surface area contributed by atoms with Gasteiger partial charge in [-0.3, -0.25) is 10.2 Å². The standard InChI is InChI=1S/C12H13ClN2O/c13-9-4-6-10(7-5-9)14-15-11-2-1-3-12(16)8-11/h4-7,14H,1-3,8H2/b15-11+. The molecule has 1 fully saturated rings. The number of hydrogen-bond acceptors (Lipinski definition) is 3. The fourth-order valence-corrected chi connectivity index (χ4v) is 1.78. The molecule has 0 radical (unpaired) electrons. The second-order valence-corrected chi connectivity index (χ2v) is 4.30. The Kier molecular flexibility index (Phi) is 3.57. The Labute approximate surface area is 99.5 Å². The first kappa shape index (κ1) is 11.1. The summed E-state index contributed by atoms with van der Waals surface area (Å²) in [4.78, 5) is 11.2. The molecule has 3 nitrogen and oxygen atoms in total. The van der Waals surface area contributed by atoms with Gasteiger partial charge in [-0.05, 0) is 37.1 Å². The molecule has 16 heavy (non-hydrogen) atoms. The van der Waals surface area contributed by atoms with Crippen LogP contribution in [0.15, 0.2) is 29.4 Å². The van der Waals surface area contributed by atoms with E-state index in [1.54, 1.807) is 12.1 Å². The van der Waals surface area contributed by atoms with Crippen LogP contribution in [0.4, 0.5) is 5.69 Å². The van der Waals surface area contributed by atoms with Gasteiger partial charge in [-0.25, -0.2) is 0 Å². The molecular weight excluding hydrogens is 224 g/mol. The highest BCUT2D eigenvalue weighted by atomic mass is 35.5. The number of rotatable bonds is 2. The van der Waals surface area contributed by atoms with Crippen molar-refractivity contribution in [3.8, 4) is 0 Å². The van der Waals surface area contributed by atoms with E-state index in [1.165, 1.54) is 0 Å². The predicted octanol–water partition coefficient (Wildman–Crippen LogP) is 3.25. The summed E-state index contributed by atoms with van der Waals surface area (Å²) in [5, 5.41) is 4.94. The Morgan fingerprint density at radius 2 is 1.94 bits per heavy atom. The van der Waals surface area contributed by atoms with Gasteiger partial charge in [0.1, 0.15) is 5.78 Å². The molecule has 0 spiro atoms. The van der Waals surface area contributed by atoms with Crippen LogP contribution < -0.4 is 5.43 Å². The summed E-state index contributed by atoms with van der Waals surface area (Å²) in [6.07, 6.45) is 3.01. The van der Waals surface area contributed by atoms with Crippen LogP contribution in [0.5, 0.6) is 0 Å². The van der Waals surface area contributed by atoms with Crippen molar-refractivity contribution in [2.75, 3.05) is 5.43 Å². The minimum atomic E-state index is 0.280. The van der Waals surface area contributed by atoms with Gasteiger partial charge in [0, 0.05) is 23.6 Å². The van der Waals surface area contributed by atoms with E-state index in [9.17, 15) is 4.79 Å². The van der Waals surface area contributed by atoms with E-state index in [-0.39, 0.29) is 5.78 Å². The number of benzene rings is 1. The monoisotopic (exact) mass is 236 g/mol. The Morgan fingerprint density at radius 1 is 1.19 bits per heavy atom. The average Bonchev–Trinajstić information content (AvgIpc) is 2.28. The molecule has 84 valence electrons. The summed E-state index contributed by atoms with van der Waals surface area (Å²) in [5.41, 5.74) is 4.76. The molecule has 0 bridgehead atoms. The summed E-state index contributed by atoms with van der Waals surface area (Å²) in [6.45, 7) is 0. The van der Waals surface area contributed by atoms with Crippen molar-refractivity contribution < 1.29 is 4.79 Å². The van der Waals surface area contributed by atoms with Crippen molar-refractivity contribution >= 4 is 28.8 Å². The molecule has 0 heterocycles. The van der Waals surface area contributed by atoms with Gasteiger partial charge in [0.15, 0.2) is 0 Å². The number of Topliss-reactive ketones (excluding diaryl/α,β-unsaturated/α-hetero) is 1. The lowest BCUT2D eigenvalue weighted by Gasteiger charge is -2.11. The number of hydrazone groups is 1. The number of hydrogen-bond donors (Lipinski definition) is 1. The molecule has 1 saturated carbocycles. The first-order valence-electron chi connectivity index (χ1n) is 5.33. The van der Waals surface area contributed by atoms with Gasteiger partial charge in [0.05, 0.1) is 5.69 Å². The fourth-order valence-electron chi connectivity index (χ4n) is 1.66. The van der Waals surface area contributed by atoms with Crippen molar-refractivity contribution in [1.82, 2.24) is 0 Å². The molecule has 1 aromatic carbocycles. The Balaban J connectivity index is 1.97. The van der Waals surface area contributed by atoms with E-state index in [2.05, 4.69) is 10.5 Å². The second-order valence-electron chi connectivity index (χ2n) is 3.87. The van der Waals surface area contributed by atoms with Crippen LogP contribution in [0.25, 0.3) is 0 Å². The van der Waals surface area contributed by atoms with Gasteiger partial charge >= 0.3 is 0 Å². The Morgan fingerprint density at radius 3 is 2.62 bits per heavy atom. The number of nitrogens with zero attached hydrogens (tertiary/aromatic N) is 1. The fraction of sp³-hybridized carbons (Fsp3) is 0.333. The average molecular weight is 237 g/mol. The summed E-state index contributed by atoms with van der Waals surface area (Å²) >= 11 is 5.77. The zero-order valence-corrected chi connectivity index (χ0v) is 9.63. The maximum atomic E-state index is 11.2. The molecule has 0 saturated heterocycles. The van der Waals surface area contributed by atoms with Crippen molar-refractivity contribution in [2.45, 2.75) is 25.7 Å². The van der Waals surface area contributed by atoms with Crippen LogP contribution in [0.2, 0.25) is 5.02 Å². The first-order valence-corrected chi connectivity index (χ1v) is 5.70. The summed E-state index contributed by atoms with van der Waals surface area (Å²) in [6, 6.07) is 7.32. The summed E-state index contributed by atoms with van der Waals surface area (Å²) < 4.78 is 0. The summed E-state index contributed by atoms with van der Waals surface area (Å²) in [7, 11) is 0. The predicted molar refractivity (Wildman–Crippen MR) is 66.0 cm³/mol. The lowest BCUT2D eigenvalue weighted by Crippen LogP contribution is -2.15. The lowest BCUT2D eigenvalue weighted by molar-refractivity contribution is -0.118. The second kappa shape index (κ2) is 5.12. The molecule has 2 rings (SSSR count). The minimum absolute atomic E-state index is 0.280. The maximum Gasteiger partial charge on any atom is 0.138 e. The molecule has 1 aliphatic carbocycles. The molecule has 0 amide bonds. The smallest absolute Gasteiger partial charge is 0.138 e. The van der Waals surface area contributed by atoms with E-state index in [0.717, 1.165) is 24.2 Å². The largest absolute Gasteiger partial charge is 0.299 e. The topological polar surface area (TPSA) is 41.5 Å². The minimum Gasteiger partial charge on any atom is -0.299 e. The van der Waals surface area contributed by atoms with Gasteiger partial charge in [-0.15, -0.1) is 0 Å². The number of nitrogens with one attached hydrogen (secondary N) is 1. The van der Waals surface area contributed by atoms with E-state index in [4.69, 9.17) is 11.6 Å². The van der Waals surface area contributed by atoms with Crippen LogP contribution in [0.1, 0.15) is 25.7 Å². The molecule has 1 aliphatic rings. The third-order valence-electron chi connectivity index (χ3n) is 2.51. The SMILES string of the molecule is O=C1CCC/C(=N\Nc2ccc(Cl)cc2)C1. The third-order valence-corrected chi connectivity index (χ3v) is 2.76. The molecule has 1 aromatic rings. The number of carbonyl (C=O) groups is 1. The van der Waals surface area contributed by atoms with Crippen LogP contribution in [0, 0.1) is 0 Å².